The van der Waals surface area contributed by atoms with Gasteiger partial charge >= 0.3 is 0 Å². The Kier molecular flexibility index (Phi) is 14.2. The van der Waals surface area contributed by atoms with E-state index in [9.17, 15) is 4.79 Å². The van der Waals surface area contributed by atoms with E-state index in [2.05, 4.69) is 0 Å². The van der Waals surface area contributed by atoms with Gasteiger partial charge in [-0.25, -0.2) is 0 Å². The minimum absolute atomic E-state index is 0. The Morgan fingerprint density at radius 2 is 2.17 bits per heavy atom. The van der Waals surface area contributed by atoms with Crippen molar-refractivity contribution >= 4 is 6.29 Å². The van der Waals surface area contributed by atoms with Crippen LogP contribution in [0.1, 0.15) is 19.8 Å². The fourth-order valence-corrected chi connectivity index (χ4v) is 0.118. The molecule has 0 heterocycles. The van der Waals surface area contributed by atoms with E-state index in [0.717, 1.165) is 12.7 Å². The number of hydrogen-bond donors (Lipinski definition) is 0. The quantitative estimate of drug-likeness (QED) is 0.510. The zero-order valence-corrected chi connectivity index (χ0v) is 4.77. The summed E-state index contributed by atoms with van der Waals surface area (Å²) in [7, 11) is 0. The topological polar surface area (TPSA) is 17.1 Å². The third-order valence-corrected chi connectivity index (χ3v) is 0.407. The third-order valence-electron chi connectivity index (χ3n) is 0.407. The molecular weight excluding hydrogens is 123 g/mol. The molecule has 0 aromatic rings. The minimum atomic E-state index is 0. The number of unbranched alkanes of at least 4 members (excludes halogenated alkanes) is 1. The summed E-state index contributed by atoms with van der Waals surface area (Å²) in [6.45, 7) is 1.98. The molecule has 0 aromatic heterocycles. The molecule has 0 fully saturated rings. The fourth-order valence-electron chi connectivity index (χ4n) is 0.118. The van der Waals surface area contributed by atoms with Gasteiger partial charge in [-0.1, -0.05) is 6.92 Å². The molecule has 0 bridgehead atoms. The van der Waals surface area contributed by atoms with Gasteiger partial charge in [0.15, 0.2) is 0 Å². The van der Waals surface area contributed by atoms with Gasteiger partial charge in [0.05, 0.1) is 0 Å². The summed E-state index contributed by atoms with van der Waals surface area (Å²) >= 11 is 0. The van der Waals surface area contributed by atoms with Crippen molar-refractivity contribution in [1.82, 2.24) is 0 Å². The number of carbonyl (C=O) groups excluding carboxylic acids is 1. The molecule has 0 rings (SSSR count). The van der Waals surface area contributed by atoms with E-state index in [1.807, 2.05) is 6.92 Å². The van der Waals surface area contributed by atoms with Crippen LogP contribution in [-0.4, -0.2) is 6.29 Å². The molecule has 0 aliphatic heterocycles. The summed E-state index contributed by atoms with van der Waals surface area (Å²) in [6.07, 6.45) is 2.61. The second-order valence-corrected chi connectivity index (χ2v) is 0.955. The van der Waals surface area contributed by atoms with E-state index in [1.165, 1.54) is 0 Å². The molecule has 6 heavy (non-hydrogen) atoms. The van der Waals surface area contributed by atoms with Crippen LogP contribution < -0.4 is 0 Å². The smallest absolute Gasteiger partial charge is 0.119 e. The predicted octanol–water partition coefficient (Wildman–Crippen LogP) is 0.983. The van der Waals surface area contributed by atoms with Crippen molar-refractivity contribution in [2.45, 2.75) is 19.8 Å². The number of carbonyl (C=O) groups is 1. The van der Waals surface area contributed by atoms with E-state index >= 15 is 0 Å². The van der Waals surface area contributed by atoms with Crippen LogP contribution in [0.5, 0.6) is 0 Å². The molecule has 0 amide bonds. The zero-order chi connectivity index (χ0) is 4.12. The normalized spacial score (nSPS) is 6.17. The van der Waals surface area contributed by atoms with Crippen LogP contribution in [0, 0.1) is 0 Å². The Labute approximate surface area is 48.3 Å². The van der Waals surface area contributed by atoms with Gasteiger partial charge in [-0.05, 0) is 6.42 Å². The van der Waals surface area contributed by atoms with Crippen LogP contribution in [0.25, 0.3) is 0 Å². The van der Waals surface area contributed by atoms with Crippen molar-refractivity contribution < 1.29 is 21.6 Å². The Morgan fingerprint density at radius 3 is 2.17 bits per heavy atom. The second-order valence-electron chi connectivity index (χ2n) is 0.955. The molecule has 0 unspecified atom stereocenters. The molecule has 0 aromatic carbocycles. The molecule has 0 aliphatic rings. The first-order valence-corrected chi connectivity index (χ1v) is 1.85. The van der Waals surface area contributed by atoms with Crippen LogP contribution in [-0.2, 0) is 21.6 Å². The molecule has 2 heteroatoms. The fraction of sp³-hybridized carbons (Fsp3) is 0.750. The van der Waals surface area contributed by atoms with Crippen molar-refractivity contribution in [3.8, 4) is 0 Å². The maximum atomic E-state index is 9.40. The van der Waals surface area contributed by atoms with Crippen molar-refractivity contribution in [1.29, 1.82) is 0 Å². The van der Waals surface area contributed by atoms with Gasteiger partial charge in [0.1, 0.15) is 6.29 Å². The minimum Gasteiger partial charge on any atom is -0.303 e. The molecular formula is C4H8CoO. The average molecular weight is 131 g/mol. The van der Waals surface area contributed by atoms with Gasteiger partial charge in [0.2, 0.25) is 0 Å². The van der Waals surface area contributed by atoms with Crippen LogP contribution in [0.15, 0.2) is 0 Å². The molecule has 0 spiro atoms. The Balaban J connectivity index is 0. The Hall–Kier alpha value is 0.176. The summed E-state index contributed by atoms with van der Waals surface area (Å²) in [5.41, 5.74) is 0. The molecule has 0 aliphatic carbocycles. The number of rotatable bonds is 2. The van der Waals surface area contributed by atoms with E-state index in [-0.39, 0.29) is 16.8 Å². The Morgan fingerprint density at radius 1 is 1.67 bits per heavy atom. The third kappa shape index (κ3) is 8.90. The molecule has 1 radical (unpaired) electrons. The van der Waals surface area contributed by atoms with Gasteiger partial charge in [0.25, 0.3) is 0 Å². The summed E-state index contributed by atoms with van der Waals surface area (Å²) in [5.74, 6) is 0. The summed E-state index contributed by atoms with van der Waals surface area (Å²) in [6, 6.07) is 0. The number of hydrogen-bond acceptors (Lipinski definition) is 1. The summed E-state index contributed by atoms with van der Waals surface area (Å²) in [5, 5.41) is 0. The molecule has 1 nitrogen and oxygen atoms in total. The van der Waals surface area contributed by atoms with Gasteiger partial charge in [0, 0.05) is 23.2 Å². The molecule has 0 atom stereocenters. The SMILES string of the molecule is CCCC=O.[Co]. The maximum absolute atomic E-state index is 9.40. The average Bonchev–Trinajstić information content (AvgIpc) is 1.41. The van der Waals surface area contributed by atoms with Gasteiger partial charge in [-0.15, -0.1) is 0 Å². The second kappa shape index (κ2) is 8.95. The van der Waals surface area contributed by atoms with Crippen LogP contribution in [0.3, 0.4) is 0 Å². The van der Waals surface area contributed by atoms with Gasteiger partial charge in [-0.3, -0.25) is 0 Å². The summed E-state index contributed by atoms with van der Waals surface area (Å²) in [4.78, 5) is 9.40. The molecule has 0 saturated carbocycles. The van der Waals surface area contributed by atoms with Crippen molar-refractivity contribution in [2.75, 3.05) is 0 Å². The largest absolute Gasteiger partial charge is 0.303 e. The van der Waals surface area contributed by atoms with Crippen LogP contribution >= 0.6 is 0 Å². The maximum Gasteiger partial charge on any atom is 0.119 e. The van der Waals surface area contributed by atoms with Crippen molar-refractivity contribution in [3.05, 3.63) is 0 Å². The molecule has 0 saturated heterocycles. The van der Waals surface area contributed by atoms with Crippen molar-refractivity contribution in [2.24, 2.45) is 0 Å². The summed E-state index contributed by atoms with van der Waals surface area (Å²) < 4.78 is 0. The van der Waals surface area contributed by atoms with E-state index in [4.69, 9.17) is 0 Å². The molecule has 0 N–H and O–H groups in total. The van der Waals surface area contributed by atoms with Crippen molar-refractivity contribution in [3.63, 3.8) is 0 Å². The monoisotopic (exact) mass is 131 g/mol. The molecule has 39 valence electrons. The van der Waals surface area contributed by atoms with Crippen LogP contribution in [0.2, 0.25) is 0 Å². The first kappa shape index (κ1) is 9.49. The van der Waals surface area contributed by atoms with Gasteiger partial charge in [-0.2, -0.15) is 0 Å². The predicted molar refractivity (Wildman–Crippen MR) is 21.0 cm³/mol. The van der Waals surface area contributed by atoms with E-state index in [1.54, 1.807) is 0 Å². The standard InChI is InChI=1S/C4H8O.Co/c1-2-3-4-5;/h4H,2-3H2,1H3;. The Bertz CT molecular complexity index is 28.7. The van der Waals surface area contributed by atoms with E-state index < -0.39 is 0 Å². The van der Waals surface area contributed by atoms with Crippen LogP contribution in [0.4, 0.5) is 0 Å². The van der Waals surface area contributed by atoms with E-state index in [0.29, 0.717) is 6.42 Å². The van der Waals surface area contributed by atoms with Gasteiger partial charge < -0.3 is 4.79 Å². The number of aldehydes is 1. The first-order chi connectivity index (χ1) is 2.41. The zero-order valence-electron chi connectivity index (χ0n) is 3.73. The first-order valence-electron chi connectivity index (χ1n) is 1.85.